The number of benzene rings is 2. The van der Waals surface area contributed by atoms with Crippen molar-refractivity contribution in [1.82, 2.24) is 15.2 Å². The normalized spacial score (nSPS) is 18.6. The molecule has 0 aromatic heterocycles. The number of aliphatic imine (C=N–C) groups is 1. The highest BCUT2D eigenvalue weighted by Gasteiger charge is 2.51. The number of nitrogens with one attached hydrogen (secondary N) is 1. The van der Waals surface area contributed by atoms with Crippen molar-refractivity contribution in [3.8, 4) is 11.5 Å². The van der Waals surface area contributed by atoms with Gasteiger partial charge in [-0.3, -0.25) is 14.6 Å². The number of β-amino-alcohol motifs (C(OH)–C–C–N with tert-alkyl or cyclic N) is 1. The number of hydrazone groups is 1. The summed E-state index contributed by atoms with van der Waals surface area (Å²) in [6, 6.07) is 15.1. The lowest BCUT2D eigenvalue weighted by Gasteiger charge is -2.32. The molecule has 0 saturated carbocycles. The van der Waals surface area contributed by atoms with E-state index in [-0.39, 0.29) is 24.9 Å². The number of methoxy groups -OCH3 is 1. The summed E-state index contributed by atoms with van der Waals surface area (Å²) in [5.41, 5.74) is 3.72. The molecule has 0 aliphatic carbocycles. The van der Waals surface area contributed by atoms with Gasteiger partial charge in [-0.1, -0.05) is 35.3 Å². The Labute approximate surface area is 202 Å². The fourth-order valence-electron chi connectivity index (χ4n) is 3.73. The predicted molar refractivity (Wildman–Crippen MR) is 129 cm³/mol. The number of fused-ring (bicyclic) bond motifs is 1. The van der Waals surface area contributed by atoms with E-state index in [2.05, 4.69) is 15.5 Å². The number of amidine groups is 1. The molecular formula is C24H27N6O5+. The van der Waals surface area contributed by atoms with E-state index in [4.69, 9.17) is 9.47 Å². The molecule has 2 aliphatic heterocycles. The van der Waals surface area contributed by atoms with Gasteiger partial charge in [-0.2, -0.15) is 5.43 Å². The lowest BCUT2D eigenvalue weighted by Crippen LogP contribution is -2.62. The Balaban J connectivity index is 1.53. The van der Waals surface area contributed by atoms with Gasteiger partial charge >= 0.3 is 12.0 Å². The number of hydrogen-bond donors (Lipinski definition) is 2. The number of likely N-dealkylation sites (N-methyl/N-ethyl adjacent to an activating group) is 2. The van der Waals surface area contributed by atoms with E-state index in [0.29, 0.717) is 11.5 Å². The van der Waals surface area contributed by atoms with Gasteiger partial charge in [0, 0.05) is 14.1 Å². The van der Waals surface area contributed by atoms with Crippen molar-refractivity contribution in [3.05, 3.63) is 60.2 Å². The van der Waals surface area contributed by atoms with E-state index in [9.17, 15) is 14.7 Å². The molecule has 35 heavy (non-hydrogen) atoms. The molecule has 1 saturated heterocycles. The van der Waals surface area contributed by atoms with Crippen molar-refractivity contribution in [2.45, 2.75) is 12.1 Å². The molecule has 2 N–H and O–H groups in total. The zero-order valence-electron chi connectivity index (χ0n) is 19.7. The van der Waals surface area contributed by atoms with Gasteiger partial charge in [0.1, 0.15) is 24.2 Å². The third kappa shape index (κ3) is 5.14. The van der Waals surface area contributed by atoms with Crippen LogP contribution in [0, 0.1) is 0 Å². The van der Waals surface area contributed by atoms with E-state index in [1.165, 1.54) is 11.9 Å². The molecule has 2 heterocycles. The molecule has 1 fully saturated rings. The number of hydrogen-bond acceptors (Lipinski definition) is 8. The van der Waals surface area contributed by atoms with Gasteiger partial charge in [0.25, 0.3) is 5.91 Å². The van der Waals surface area contributed by atoms with Gasteiger partial charge in [0.05, 0.1) is 19.9 Å². The number of ether oxygens (including phenoxy) is 2. The van der Waals surface area contributed by atoms with Crippen LogP contribution in [0.1, 0.15) is 5.56 Å². The highest BCUT2D eigenvalue weighted by atomic mass is 16.5. The molecule has 11 nitrogen and oxygen atoms in total. The number of imide groups is 1. The van der Waals surface area contributed by atoms with Crippen LogP contribution < -0.4 is 14.9 Å². The molecule has 2 aromatic carbocycles. The minimum Gasteiger partial charge on any atom is -0.497 e. The summed E-state index contributed by atoms with van der Waals surface area (Å²) in [4.78, 5) is 32.2. The number of carbonyl (C=O) groups is 2. The molecular weight excluding hydrogens is 452 g/mol. The monoisotopic (exact) mass is 479 g/mol. The SMILES string of the molecule is COc1ccc(OCC(O)C[N+]2=C(N/N=C\c3ccccc3)N=C3C2C(=O)N(C)C(=O)N3C)cc1. The van der Waals surface area contributed by atoms with E-state index in [1.54, 1.807) is 49.2 Å². The number of aliphatic hydroxyl groups is 1. The summed E-state index contributed by atoms with van der Waals surface area (Å²) in [5, 5.41) is 14.9. The highest BCUT2D eigenvalue weighted by Crippen LogP contribution is 2.20. The Morgan fingerprint density at radius 3 is 2.49 bits per heavy atom. The number of urea groups is 1. The Hall–Kier alpha value is -4.25. The first kappa shape index (κ1) is 23.9. The first-order valence-electron chi connectivity index (χ1n) is 11.0. The maximum Gasteiger partial charge on any atom is 0.414 e. The van der Waals surface area contributed by atoms with Crippen LogP contribution in [0.15, 0.2) is 64.7 Å². The van der Waals surface area contributed by atoms with Crippen LogP contribution >= 0.6 is 0 Å². The van der Waals surface area contributed by atoms with Gasteiger partial charge in [0.2, 0.25) is 11.9 Å². The Morgan fingerprint density at radius 2 is 1.80 bits per heavy atom. The molecule has 11 heteroatoms. The van der Waals surface area contributed by atoms with Crippen LogP contribution in [0.5, 0.6) is 11.5 Å². The van der Waals surface area contributed by atoms with Crippen LogP contribution in [0.25, 0.3) is 0 Å². The van der Waals surface area contributed by atoms with Crippen LogP contribution in [0.3, 0.4) is 0 Å². The van der Waals surface area contributed by atoms with E-state index >= 15 is 0 Å². The Bertz CT molecular complexity index is 1180. The second-order valence-corrected chi connectivity index (χ2v) is 8.01. The quantitative estimate of drug-likeness (QED) is 0.327. The summed E-state index contributed by atoms with van der Waals surface area (Å²) in [7, 11) is 4.54. The van der Waals surface area contributed by atoms with Crippen molar-refractivity contribution in [3.63, 3.8) is 0 Å². The molecule has 182 valence electrons. The zero-order valence-corrected chi connectivity index (χ0v) is 19.7. The summed E-state index contributed by atoms with van der Waals surface area (Å²) in [5.74, 6) is 1.32. The van der Waals surface area contributed by atoms with Gasteiger partial charge in [-0.05, 0) is 29.8 Å². The molecule has 4 rings (SSSR count). The minimum absolute atomic E-state index is 0.0125. The van der Waals surface area contributed by atoms with Crippen molar-refractivity contribution in [1.29, 1.82) is 0 Å². The fraction of sp³-hybridized carbons (Fsp3) is 0.292. The van der Waals surface area contributed by atoms with Crippen LogP contribution in [-0.4, -0.2) is 95.9 Å². The number of rotatable bonds is 8. The van der Waals surface area contributed by atoms with Crippen LogP contribution in [0.4, 0.5) is 4.79 Å². The molecule has 2 aliphatic rings. The second kappa shape index (κ2) is 10.3. The first-order valence-corrected chi connectivity index (χ1v) is 11.0. The standard InChI is InChI=1S/C24H26N6O5/c1-28-21-20(22(32)29(2)24(28)33)30(23(26-21)27-25-13-16-7-5-4-6-8-16)14-17(31)15-35-19-11-9-18(34-3)10-12-19/h4-13,17,20,31H,14-15H2,1-3H3/p+1/b25-13-. The second-order valence-electron chi connectivity index (χ2n) is 8.01. The van der Waals surface area contributed by atoms with Crippen molar-refractivity contribution < 1.29 is 28.7 Å². The molecule has 0 spiro atoms. The predicted octanol–water partition coefficient (Wildman–Crippen LogP) is 0.732. The minimum atomic E-state index is -0.970. The van der Waals surface area contributed by atoms with E-state index in [1.807, 2.05) is 30.3 Å². The topological polar surface area (TPSA) is 119 Å². The number of nitrogens with zero attached hydrogens (tertiary/aromatic N) is 5. The molecule has 2 aromatic rings. The van der Waals surface area contributed by atoms with Crippen molar-refractivity contribution in [2.75, 3.05) is 34.4 Å². The largest absolute Gasteiger partial charge is 0.497 e. The van der Waals surface area contributed by atoms with Crippen molar-refractivity contribution in [2.24, 2.45) is 10.1 Å². The molecule has 0 bridgehead atoms. The molecule has 0 radical (unpaired) electrons. The first-order chi connectivity index (χ1) is 16.9. The summed E-state index contributed by atoms with van der Waals surface area (Å²) >= 11 is 0. The summed E-state index contributed by atoms with van der Waals surface area (Å²) in [6.07, 6.45) is 0.641. The number of carbonyl (C=O) groups excluding carboxylic acids is 2. The maximum absolute atomic E-state index is 13.0. The van der Waals surface area contributed by atoms with E-state index < -0.39 is 24.1 Å². The highest BCUT2D eigenvalue weighted by molar-refractivity contribution is 6.22. The summed E-state index contributed by atoms with van der Waals surface area (Å²) < 4.78 is 12.4. The van der Waals surface area contributed by atoms with Gasteiger partial charge in [-0.15, -0.1) is 5.10 Å². The lowest BCUT2D eigenvalue weighted by atomic mass is 10.1. The van der Waals surface area contributed by atoms with Crippen LogP contribution in [0.2, 0.25) is 0 Å². The van der Waals surface area contributed by atoms with Gasteiger partial charge in [-0.25, -0.2) is 9.37 Å². The lowest BCUT2D eigenvalue weighted by molar-refractivity contribution is -0.545. The average molecular weight is 480 g/mol. The maximum atomic E-state index is 13.0. The van der Waals surface area contributed by atoms with Crippen molar-refractivity contribution >= 4 is 29.9 Å². The third-order valence-corrected chi connectivity index (χ3v) is 5.62. The fourth-order valence-corrected chi connectivity index (χ4v) is 3.73. The zero-order chi connectivity index (χ0) is 24.9. The molecule has 3 amide bonds. The Morgan fingerprint density at radius 1 is 1.11 bits per heavy atom. The smallest absolute Gasteiger partial charge is 0.414 e. The number of aliphatic hydroxyl groups excluding tert-OH is 1. The summed E-state index contributed by atoms with van der Waals surface area (Å²) in [6.45, 7) is -0.0110. The Kier molecular flexibility index (Phi) is 7.06. The number of amides is 3. The van der Waals surface area contributed by atoms with Crippen LogP contribution in [-0.2, 0) is 4.79 Å². The molecule has 2 atom stereocenters. The third-order valence-electron chi connectivity index (χ3n) is 5.62. The van der Waals surface area contributed by atoms with Gasteiger partial charge in [0.15, 0.2) is 0 Å². The van der Waals surface area contributed by atoms with Gasteiger partial charge < -0.3 is 14.6 Å². The molecule has 2 unspecified atom stereocenters. The number of guanidine groups is 1. The average Bonchev–Trinajstić information content (AvgIpc) is 3.24. The van der Waals surface area contributed by atoms with E-state index in [0.717, 1.165) is 10.5 Å².